The molecule has 1 aromatic heterocycles. The van der Waals surface area contributed by atoms with Gasteiger partial charge >= 0.3 is 0 Å². The molecule has 2 aliphatic rings. The largest absolute Gasteiger partial charge is 0.381 e. The van der Waals surface area contributed by atoms with Gasteiger partial charge < -0.3 is 4.84 Å². The van der Waals surface area contributed by atoms with E-state index in [4.69, 9.17) is 4.84 Å². The lowest BCUT2D eigenvalue weighted by atomic mass is 9.94. The highest BCUT2D eigenvalue weighted by molar-refractivity contribution is 6.32. The van der Waals surface area contributed by atoms with E-state index in [-0.39, 0.29) is 11.8 Å². The van der Waals surface area contributed by atoms with E-state index in [0.29, 0.717) is 11.4 Å². The fourth-order valence-corrected chi connectivity index (χ4v) is 3.72. The summed E-state index contributed by atoms with van der Waals surface area (Å²) in [7, 11) is 1.82. The van der Waals surface area contributed by atoms with Crippen molar-refractivity contribution in [1.82, 2.24) is 9.78 Å². The Morgan fingerprint density at radius 2 is 1.81 bits per heavy atom. The smallest absolute Gasteiger partial charge is 0.278 e. The monoisotopic (exact) mass is 360 g/mol. The Balaban J connectivity index is 1.55. The summed E-state index contributed by atoms with van der Waals surface area (Å²) in [6.45, 7) is 1.89. The van der Waals surface area contributed by atoms with Crippen LogP contribution in [0.5, 0.6) is 0 Å². The zero-order valence-electron chi connectivity index (χ0n) is 14.8. The summed E-state index contributed by atoms with van der Waals surface area (Å²) in [6.07, 6.45) is 0.731. The molecular weight excluding hydrogens is 344 g/mol. The Morgan fingerprint density at radius 1 is 1.04 bits per heavy atom. The van der Waals surface area contributed by atoms with E-state index < -0.39 is 12.0 Å². The number of carbonyl (C=O) groups excluding carboxylic acids is 2. The van der Waals surface area contributed by atoms with E-state index in [1.807, 2.05) is 50.4 Å². The van der Waals surface area contributed by atoms with Gasteiger partial charge in [-0.25, -0.2) is 4.90 Å². The zero-order valence-corrected chi connectivity index (χ0v) is 14.8. The van der Waals surface area contributed by atoms with Crippen LogP contribution in [0.4, 0.5) is 5.69 Å². The third-order valence-electron chi connectivity index (χ3n) is 5.31. The molecule has 27 heavy (non-hydrogen) atoms. The standard InChI is InChI=1S/C20H16N4O3/c1-11-15(10-21-23(11)2)17-16-18(27-22-17)20(26)24(19(16)25)14-8-7-12-5-3-4-6-13(12)9-14/h3-10,16,18H,1-2H3/t16-,18+/m1/s1. The number of imide groups is 1. The van der Waals surface area contributed by atoms with E-state index in [2.05, 4.69) is 10.3 Å². The van der Waals surface area contributed by atoms with Crippen LogP contribution in [-0.2, 0) is 21.5 Å². The van der Waals surface area contributed by atoms with Gasteiger partial charge in [0.1, 0.15) is 11.6 Å². The predicted octanol–water partition coefficient (Wildman–Crippen LogP) is 2.17. The average molecular weight is 360 g/mol. The molecule has 0 spiro atoms. The molecule has 1 saturated heterocycles. The second-order valence-corrected chi connectivity index (χ2v) is 6.79. The fraction of sp³-hybridized carbons (Fsp3) is 0.200. The molecule has 5 rings (SSSR count). The van der Waals surface area contributed by atoms with Crippen LogP contribution in [0.3, 0.4) is 0 Å². The predicted molar refractivity (Wildman–Crippen MR) is 99.3 cm³/mol. The van der Waals surface area contributed by atoms with Crippen molar-refractivity contribution >= 4 is 34.0 Å². The Bertz CT molecular complexity index is 1150. The molecule has 2 aliphatic heterocycles. The van der Waals surface area contributed by atoms with Crippen molar-refractivity contribution in [2.75, 3.05) is 4.90 Å². The summed E-state index contributed by atoms with van der Waals surface area (Å²) in [5, 5.41) is 10.2. The van der Waals surface area contributed by atoms with Crippen LogP contribution in [0.25, 0.3) is 10.8 Å². The van der Waals surface area contributed by atoms with Crippen LogP contribution in [0.1, 0.15) is 11.3 Å². The number of aryl methyl sites for hydroxylation is 1. The van der Waals surface area contributed by atoms with Crippen LogP contribution >= 0.6 is 0 Å². The number of hydrogen-bond donors (Lipinski definition) is 0. The minimum Gasteiger partial charge on any atom is -0.381 e. The molecule has 2 aromatic carbocycles. The first-order chi connectivity index (χ1) is 13.1. The molecule has 7 nitrogen and oxygen atoms in total. The van der Waals surface area contributed by atoms with Gasteiger partial charge in [-0.2, -0.15) is 5.10 Å². The van der Waals surface area contributed by atoms with Crippen molar-refractivity contribution in [1.29, 1.82) is 0 Å². The second kappa shape index (κ2) is 5.51. The molecule has 0 saturated carbocycles. The van der Waals surface area contributed by atoms with Crippen molar-refractivity contribution in [2.24, 2.45) is 18.1 Å². The molecule has 134 valence electrons. The van der Waals surface area contributed by atoms with Gasteiger partial charge in [0.05, 0.1) is 11.9 Å². The summed E-state index contributed by atoms with van der Waals surface area (Å²) in [5.41, 5.74) is 2.60. The highest BCUT2D eigenvalue weighted by Crippen LogP contribution is 2.36. The third-order valence-corrected chi connectivity index (χ3v) is 5.31. The first kappa shape index (κ1) is 15.7. The summed E-state index contributed by atoms with van der Waals surface area (Å²) in [5.74, 6) is -1.45. The van der Waals surface area contributed by atoms with Crippen molar-refractivity contribution in [3.05, 3.63) is 59.9 Å². The average Bonchev–Trinajstić information content (AvgIpc) is 3.32. The van der Waals surface area contributed by atoms with Gasteiger partial charge in [0.25, 0.3) is 5.91 Å². The van der Waals surface area contributed by atoms with Crippen LogP contribution in [0.2, 0.25) is 0 Å². The first-order valence-corrected chi connectivity index (χ1v) is 8.65. The molecule has 0 radical (unpaired) electrons. The number of oxime groups is 1. The molecule has 2 atom stereocenters. The summed E-state index contributed by atoms with van der Waals surface area (Å²) in [6, 6.07) is 13.3. The maximum Gasteiger partial charge on any atom is 0.278 e. The second-order valence-electron chi connectivity index (χ2n) is 6.79. The molecule has 0 unspecified atom stereocenters. The quantitative estimate of drug-likeness (QED) is 0.657. The fourth-order valence-electron chi connectivity index (χ4n) is 3.72. The summed E-state index contributed by atoms with van der Waals surface area (Å²) in [4.78, 5) is 32.6. The number of benzene rings is 2. The van der Waals surface area contributed by atoms with Crippen LogP contribution in [-0.4, -0.2) is 33.4 Å². The molecular formula is C20H16N4O3. The maximum atomic E-state index is 13.2. The highest BCUT2D eigenvalue weighted by atomic mass is 16.6. The van der Waals surface area contributed by atoms with Crippen LogP contribution in [0.15, 0.2) is 53.8 Å². The molecule has 0 aliphatic carbocycles. The van der Waals surface area contributed by atoms with E-state index in [0.717, 1.165) is 22.0 Å². The summed E-state index contributed by atoms with van der Waals surface area (Å²) < 4.78 is 1.70. The molecule has 2 amide bonds. The molecule has 0 bridgehead atoms. The number of hydrogen-bond acceptors (Lipinski definition) is 5. The van der Waals surface area contributed by atoms with Gasteiger partial charge in [0.2, 0.25) is 12.0 Å². The minimum atomic E-state index is -0.918. The number of fused-ring (bicyclic) bond motifs is 2. The van der Waals surface area contributed by atoms with Gasteiger partial charge in [-0.3, -0.25) is 14.3 Å². The van der Waals surface area contributed by atoms with Gasteiger partial charge in [-0.1, -0.05) is 35.5 Å². The number of rotatable bonds is 2. The first-order valence-electron chi connectivity index (χ1n) is 8.65. The Labute approximate surface area is 154 Å². The minimum absolute atomic E-state index is 0.320. The molecule has 0 N–H and O–H groups in total. The molecule has 7 heteroatoms. The van der Waals surface area contributed by atoms with Crippen molar-refractivity contribution in [3.63, 3.8) is 0 Å². The molecule has 3 aromatic rings. The van der Waals surface area contributed by atoms with E-state index >= 15 is 0 Å². The summed E-state index contributed by atoms with van der Waals surface area (Å²) >= 11 is 0. The lowest BCUT2D eigenvalue weighted by Gasteiger charge is -2.16. The highest BCUT2D eigenvalue weighted by Gasteiger charge is 2.56. The lowest BCUT2D eigenvalue weighted by molar-refractivity contribution is -0.126. The van der Waals surface area contributed by atoms with Gasteiger partial charge in [-0.15, -0.1) is 0 Å². The Morgan fingerprint density at radius 3 is 2.56 bits per heavy atom. The number of amides is 2. The van der Waals surface area contributed by atoms with E-state index in [1.54, 1.807) is 16.9 Å². The number of anilines is 1. The van der Waals surface area contributed by atoms with Gasteiger partial charge in [0, 0.05) is 18.3 Å². The van der Waals surface area contributed by atoms with Crippen molar-refractivity contribution < 1.29 is 14.4 Å². The number of carbonyl (C=O) groups is 2. The SMILES string of the molecule is Cc1c(C2=NO[C@@H]3C(=O)N(c4ccc5ccccc5c4)C(=O)[C@H]23)cnn1C. The van der Waals surface area contributed by atoms with E-state index in [9.17, 15) is 9.59 Å². The van der Waals surface area contributed by atoms with Crippen LogP contribution < -0.4 is 4.90 Å². The third kappa shape index (κ3) is 2.14. The Kier molecular flexibility index (Phi) is 3.21. The number of nitrogens with zero attached hydrogens (tertiary/aromatic N) is 4. The number of aromatic nitrogens is 2. The van der Waals surface area contributed by atoms with Gasteiger partial charge in [0.15, 0.2) is 0 Å². The Hall–Kier alpha value is -3.48. The lowest BCUT2D eigenvalue weighted by Crippen LogP contribution is -2.33. The van der Waals surface area contributed by atoms with Crippen molar-refractivity contribution in [2.45, 2.75) is 13.0 Å². The zero-order chi connectivity index (χ0) is 18.7. The maximum absolute atomic E-state index is 13.2. The molecule has 1 fully saturated rings. The topological polar surface area (TPSA) is 76.8 Å². The van der Waals surface area contributed by atoms with Crippen molar-refractivity contribution in [3.8, 4) is 0 Å². The van der Waals surface area contributed by atoms with Gasteiger partial charge in [-0.05, 0) is 29.8 Å². The molecule has 3 heterocycles. The van der Waals surface area contributed by atoms with E-state index in [1.165, 1.54) is 4.90 Å². The van der Waals surface area contributed by atoms with Crippen LogP contribution in [0, 0.1) is 12.8 Å². The normalized spacial score (nSPS) is 21.6.